The SMILES string of the molecule is O=C(CNC(=O)C(c1ccccc1)c1ccccc1)N/N=C\c1cccc(OC(=O)c2cccc(F)c2)c1. The van der Waals surface area contributed by atoms with Gasteiger partial charge in [-0.3, -0.25) is 9.59 Å². The number of benzene rings is 4. The lowest BCUT2D eigenvalue weighted by Gasteiger charge is -2.17. The summed E-state index contributed by atoms with van der Waals surface area (Å²) in [4.78, 5) is 37.5. The lowest BCUT2D eigenvalue weighted by atomic mass is 9.90. The molecule has 8 heteroatoms. The molecule has 0 aromatic heterocycles. The van der Waals surface area contributed by atoms with E-state index in [0.717, 1.165) is 17.2 Å². The molecule has 0 saturated carbocycles. The maximum atomic E-state index is 13.3. The van der Waals surface area contributed by atoms with E-state index >= 15 is 0 Å². The predicted molar refractivity (Wildman–Crippen MR) is 141 cm³/mol. The molecule has 38 heavy (non-hydrogen) atoms. The molecule has 0 unspecified atom stereocenters. The number of nitrogens with zero attached hydrogens (tertiary/aromatic N) is 1. The Morgan fingerprint density at radius 3 is 2.13 bits per heavy atom. The Hall–Kier alpha value is -5.11. The van der Waals surface area contributed by atoms with Gasteiger partial charge in [-0.2, -0.15) is 5.10 Å². The van der Waals surface area contributed by atoms with Crippen LogP contribution in [-0.2, 0) is 9.59 Å². The molecule has 0 heterocycles. The van der Waals surface area contributed by atoms with Gasteiger partial charge >= 0.3 is 5.97 Å². The average Bonchev–Trinajstić information content (AvgIpc) is 2.93. The highest BCUT2D eigenvalue weighted by molar-refractivity contribution is 5.92. The highest BCUT2D eigenvalue weighted by atomic mass is 19.1. The van der Waals surface area contributed by atoms with Crippen molar-refractivity contribution in [2.45, 2.75) is 5.92 Å². The molecule has 0 atom stereocenters. The van der Waals surface area contributed by atoms with E-state index < -0.39 is 23.6 Å². The number of carbonyl (C=O) groups is 3. The van der Waals surface area contributed by atoms with E-state index in [1.54, 1.807) is 24.3 Å². The Morgan fingerprint density at radius 1 is 0.816 bits per heavy atom. The number of hydrogen-bond donors (Lipinski definition) is 2. The summed E-state index contributed by atoms with van der Waals surface area (Å²) in [6.07, 6.45) is 1.37. The van der Waals surface area contributed by atoms with Crippen molar-refractivity contribution in [3.8, 4) is 5.75 Å². The van der Waals surface area contributed by atoms with Crippen LogP contribution in [0.5, 0.6) is 5.75 Å². The number of rotatable bonds is 9. The predicted octanol–water partition coefficient (Wildman–Crippen LogP) is 4.44. The van der Waals surface area contributed by atoms with Gasteiger partial charge < -0.3 is 10.1 Å². The fourth-order valence-electron chi connectivity index (χ4n) is 3.71. The minimum Gasteiger partial charge on any atom is -0.423 e. The summed E-state index contributed by atoms with van der Waals surface area (Å²) in [5.74, 6) is -2.39. The van der Waals surface area contributed by atoms with Gasteiger partial charge in [-0.1, -0.05) is 78.9 Å². The van der Waals surface area contributed by atoms with Crippen molar-refractivity contribution in [3.05, 3.63) is 137 Å². The molecule has 4 aromatic carbocycles. The van der Waals surface area contributed by atoms with Crippen LogP contribution in [0, 0.1) is 5.82 Å². The number of halogens is 1. The summed E-state index contributed by atoms with van der Waals surface area (Å²) in [7, 11) is 0. The summed E-state index contributed by atoms with van der Waals surface area (Å²) in [5.41, 5.74) is 4.62. The fourth-order valence-corrected chi connectivity index (χ4v) is 3.71. The first-order valence-electron chi connectivity index (χ1n) is 11.8. The molecule has 0 aliphatic heterocycles. The van der Waals surface area contributed by atoms with Gasteiger partial charge in [0.2, 0.25) is 5.91 Å². The molecule has 0 bridgehead atoms. The minimum absolute atomic E-state index is 0.0835. The van der Waals surface area contributed by atoms with Gasteiger partial charge in [0.05, 0.1) is 24.2 Å². The summed E-state index contributed by atoms with van der Waals surface area (Å²) < 4.78 is 18.6. The number of esters is 1. The van der Waals surface area contributed by atoms with E-state index in [4.69, 9.17) is 4.74 Å². The topological polar surface area (TPSA) is 96.9 Å². The third-order valence-electron chi connectivity index (χ3n) is 5.48. The van der Waals surface area contributed by atoms with E-state index in [2.05, 4.69) is 15.8 Å². The van der Waals surface area contributed by atoms with Crippen LogP contribution in [0.25, 0.3) is 0 Å². The number of carbonyl (C=O) groups excluding carboxylic acids is 3. The second kappa shape index (κ2) is 12.7. The number of ether oxygens (including phenoxy) is 1. The van der Waals surface area contributed by atoms with Crippen molar-refractivity contribution < 1.29 is 23.5 Å². The molecular formula is C30H24FN3O4. The fraction of sp³-hybridized carbons (Fsp3) is 0.0667. The lowest BCUT2D eigenvalue weighted by Crippen LogP contribution is -2.37. The number of hydrogen-bond acceptors (Lipinski definition) is 5. The first-order chi connectivity index (χ1) is 18.5. The summed E-state index contributed by atoms with van der Waals surface area (Å²) in [6.45, 7) is -0.266. The molecule has 4 rings (SSSR count). The zero-order valence-electron chi connectivity index (χ0n) is 20.2. The zero-order chi connectivity index (χ0) is 26.7. The van der Waals surface area contributed by atoms with Crippen LogP contribution in [-0.4, -0.2) is 30.5 Å². The molecule has 2 amide bonds. The van der Waals surface area contributed by atoms with Crippen LogP contribution >= 0.6 is 0 Å². The molecular weight excluding hydrogens is 485 g/mol. The lowest BCUT2D eigenvalue weighted by molar-refractivity contribution is -0.126. The van der Waals surface area contributed by atoms with Crippen molar-refractivity contribution >= 4 is 24.0 Å². The molecule has 0 fully saturated rings. The molecule has 190 valence electrons. The van der Waals surface area contributed by atoms with Crippen LogP contribution in [0.15, 0.2) is 114 Å². The van der Waals surface area contributed by atoms with Crippen molar-refractivity contribution in [1.82, 2.24) is 10.7 Å². The van der Waals surface area contributed by atoms with Crippen molar-refractivity contribution in [2.24, 2.45) is 5.10 Å². The van der Waals surface area contributed by atoms with Gasteiger partial charge in [-0.25, -0.2) is 14.6 Å². The third-order valence-corrected chi connectivity index (χ3v) is 5.48. The highest BCUT2D eigenvalue weighted by Crippen LogP contribution is 2.24. The number of amides is 2. The van der Waals surface area contributed by atoms with Crippen molar-refractivity contribution in [3.63, 3.8) is 0 Å². The van der Waals surface area contributed by atoms with Crippen LogP contribution in [0.4, 0.5) is 4.39 Å². The highest BCUT2D eigenvalue weighted by Gasteiger charge is 2.22. The second-order valence-corrected chi connectivity index (χ2v) is 8.24. The van der Waals surface area contributed by atoms with E-state index in [1.165, 1.54) is 24.4 Å². The maximum Gasteiger partial charge on any atom is 0.343 e. The molecule has 0 saturated heterocycles. The summed E-state index contributed by atoms with van der Waals surface area (Å²) in [5, 5.41) is 6.57. The van der Waals surface area contributed by atoms with Crippen LogP contribution in [0.2, 0.25) is 0 Å². The van der Waals surface area contributed by atoms with Gasteiger partial charge in [0, 0.05) is 0 Å². The molecule has 4 aromatic rings. The zero-order valence-corrected chi connectivity index (χ0v) is 20.2. The van der Waals surface area contributed by atoms with Gasteiger partial charge in [-0.15, -0.1) is 0 Å². The van der Waals surface area contributed by atoms with E-state index in [1.807, 2.05) is 60.7 Å². The third kappa shape index (κ3) is 7.20. The van der Waals surface area contributed by atoms with Crippen LogP contribution < -0.4 is 15.5 Å². The molecule has 2 N–H and O–H groups in total. The molecule has 7 nitrogen and oxygen atoms in total. The van der Waals surface area contributed by atoms with Gasteiger partial charge in [0.1, 0.15) is 11.6 Å². The average molecular weight is 510 g/mol. The Kier molecular flexibility index (Phi) is 8.70. The van der Waals surface area contributed by atoms with Gasteiger partial charge in [-0.05, 0) is 47.0 Å². The molecule has 0 aliphatic carbocycles. The standard InChI is InChI=1S/C30H24FN3O4/c31-25-15-8-14-24(18-25)30(37)38-26-16-7-9-21(17-26)19-33-34-27(35)20-32-29(36)28(22-10-3-1-4-11-22)23-12-5-2-6-13-23/h1-19,28H,20H2,(H,32,36)(H,34,35)/b33-19-. The second-order valence-electron chi connectivity index (χ2n) is 8.24. The summed E-state index contributed by atoms with van der Waals surface area (Å²) >= 11 is 0. The smallest absolute Gasteiger partial charge is 0.343 e. The van der Waals surface area contributed by atoms with Crippen molar-refractivity contribution in [1.29, 1.82) is 0 Å². The van der Waals surface area contributed by atoms with E-state index in [9.17, 15) is 18.8 Å². The first kappa shape index (κ1) is 26.0. The Morgan fingerprint density at radius 2 is 1.47 bits per heavy atom. The van der Waals surface area contributed by atoms with E-state index in [-0.39, 0.29) is 23.8 Å². The Labute approximate surface area is 219 Å². The van der Waals surface area contributed by atoms with Crippen molar-refractivity contribution in [2.75, 3.05) is 6.54 Å². The monoisotopic (exact) mass is 509 g/mol. The Bertz CT molecular complexity index is 1400. The molecule has 0 aliphatic rings. The van der Waals surface area contributed by atoms with Gasteiger partial charge in [0.25, 0.3) is 5.91 Å². The Balaban J connectivity index is 1.32. The van der Waals surface area contributed by atoms with Crippen LogP contribution in [0.1, 0.15) is 33.0 Å². The number of hydrazone groups is 1. The van der Waals surface area contributed by atoms with Gasteiger partial charge in [0.15, 0.2) is 0 Å². The minimum atomic E-state index is -0.702. The first-order valence-corrected chi connectivity index (χ1v) is 11.8. The molecule has 0 radical (unpaired) electrons. The molecule has 0 spiro atoms. The largest absolute Gasteiger partial charge is 0.423 e. The quantitative estimate of drug-likeness (QED) is 0.151. The normalized spacial score (nSPS) is 10.8. The summed E-state index contributed by atoms with van der Waals surface area (Å²) in [6, 6.07) is 30.3. The number of nitrogens with one attached hydrogen (secondary N) is 2. The van der Waals surface area contributed by atoms with Crippen LogP contribution in [0.3, 0.4) is 0 Å². The van der Waals surface area contributed by atoms with E-state index in [0.29, 0.717) is 5.56 Å². The maximum absolute atomic E-state index is 13.3.